The Hall–Kier alpha value is -1.70. The van der Waals surface area contributed by atoms with Gasteiger partial charge in [-0.05, 0) is 47.3 Å². The molecule has 0 aliphatic heterocycles. The Kier molecular flexibility index (Phi) is 3.20. The van der Waals surface area contributed by atoms with Crippen LogP contribution in [-0.2, 0) is 10.1 Å². The third kappa shape index (κ3) is 2.76. The molecule has 2 aromatic rings. The molecule has 0 aliphatic carbocycles. The molecule has 0 saturated carbocycles. The van der Waals surface area contributed by atoms with Gasteiger partial charge >= 0.3 is 0 Å². The van der Waals surface area contributed by atoms with Crippen LogP contribution in [0.25, 0.3) is 10.8 Å². The van der Waals surface area contributed by atoms with Crippen LogP contribution in [0.5, 0.6) is 0 Å². The van der Waals surface area contributed by atoms with Crippen LogP contribution >= 0.6 is 12.2 Å². The van der Waals surface area contributed by atoms with Crippen molar-refractivity contribution in [2.24, 2.45) is 5.73 Å². The van der Waals surface area contributed by atoms with Crippen molar-refractivity contribution in [2.75, 3.05) is 5.32 Å². The zero-order chi connectivity index (χ0) is 13.3. The van der Waals surface area contributed by atoms with Gasteiger partial charge in [0.05, 0.1) is 4.90 Å². The molecule has 18 heavy (non-hydrogen) atoms. The van der Waals surface area contributed by atoms with Crippen LogP contribution in [0, 0.1) is 0 Å². The summed E-state index contributed by atoms with van der Waals surface area (Å²) in [5.74, 6) is 0. The van der Waals surface area contributed by atoms with Gasteiger partial charge in [0.2, 0.25) is 0 Å². The van der Waals surface area contributed by atoms with E-state index < -0.39 is 10.1 Å². The molecule has 0 amide bonds. The zero-order valence-electron chi connectivity index (χ0n) is 9.12. The highest BCUT2D eigenvalue weighted by molar-refractivity contribution is 7.85. The van der Waals surface area contributed by atoms with E-state index in [1.165, 1.54) is 12.1 Å². The van der Waals surface area contributed by atoms with Crippen molar-refractivity contribution in [3.63, 3.8) is 0 Å². The van der Waals surface area contributed by atoms with Crippen LogP contribution in [0.15, 0.2) is 41.3 Å². The van der Waals surface area contributed by atoms with Gasteiger partial charge < -0.3 is 11.1 Å². The van der Waals surface area contributed by atoms with Crippen molar-refractivity contribution < 1.29 is 13.0 Å². The van der Waals surface area contributed by atoms with Crippen molar-refractivity contribution in [3.8, 4) is 0 Å². The number of hydrogen-bond acceptors (Lipinski definition) is 3. The van der Waals surface area contributed by atoms with Gasteiger partial charge in [0, 0.05) is 5.69 Å². The van der Waals surface area contributed by atoms with Gasteiger partial charge in [-0.15, -0.1) is 0 Å². The number of anilines is 1. The molecule has 2 rings (SSSR count). The molecule has 7 heteroatoms. The van der Waals surface area contributed by atoms with Crippen molar-refractivity contribution in [1.29, 1.82) is 0 Å². The minimum absolute atomic E-state index is 0.134. The van der Waals surface area contributed by atoms with Gasteiger partial charge in [-0.2, -0.15) is 8.42 Å². The second kappa shape index (κ2) is 4.52. The lowest BCUT2D eigenvalue weighted by atomic mass is 10.1. The smallest absolute Gasteiger partial charge is 0.294 e. The molecule has 0 aliphatic rings. The first-order valence-electron chi connectivity index (χ1n) is 4.94. The molecule has 94 valence electrons. The summed E-state index contributed by atoms with van der Waals surface area (Å²) in [7, 11) is -4.18. The number of nitrogens with one attached hydrogen (secondary N) is 1. The Morgan fingerprint density at radius 2 is 1.78 bits per heavy atom. The van der Waals surface area contributed by atoms with Crippen LogP contribution in [0.3, 0.4) is 0 Å². The number of rotatable bonds is 2. The Bertz CT molecular complexity index is 726. The molecule has 0 radical (unpaired) electrons. The monoisotopic (exact) mass is 282 g/mol. The molecule has 0 spiro atoms. The highest BCUT2D eigenvalue weighted by Crippen LogP contribution is 2.22. The first kappa shape index (κ1) is 12.7. The molecule has 0 bridgehead atoms. The molecule has 0 aromatic heterocycles. The standard InChI is InChI=1S/C11H10N2O3S2/c12-11(17)13-9-3-1-8-6-10(18(14,15)16)4-2-7(8)5-9/h1-6H,(H3,12,13,17)(H,14,15,16). The summed E-state index contributed by atoms with van der Waals surface area (Å²) in [5, 5.41) is 4.44. The molecule has 4 N–H and O–H groups in total. The molecular formula is C11H10N2O3S2. The van der Waals surface area contributed by atoms with Crippen LogP contribution < -0.4 is 11.1 Å². The normalized spacial score (nSPS) is 11.4. The molecule has 0 heterocycles. The summed E-state index contributed by atoms with van der Waals surface area (Å²) in [6, 6.07) is 9.54. The second-order valence-electron chi connectivity index (χ2n) is 3.69. The van der Waals surface area contributed by atoms with Crippen molar-refractivity contribution in [3.05, 3.63) is 36.4 Å². The topological polar surface area (TPSA) is 92.4 Å². The summed E-state index contributed by atoms with van der Waals surface area (Å²) >= 11 is 4.72. The maximum absolute atomic E-state index is 11.0. The Morgan fingerprint density at radius 3 is 2.39 bits per heavy atom. The predicted octanol–water partition coefficient (Wildman–Crippen LogP) is 1.74. The van der Waals surface area contributed by atoms with Crippen LogP contribution in [0.2, 0.25) is 0 Å². The third-order valence-electron chi connectivity index (χ3n) is 2.38. The SMILES string of the molecule is NC(=S)Nc1ccc2cc(S(=O)(=O)O)ccc2c1. The van der Waals surface area contributed by atoms with Gasteiger partial charge in [-0.25, -0.2) is 0 Å². The zero-order valence-corrected chi connectivity index (χ0v) is 10.8. The van der Waals surface area contributed by atoms with E-state index in [0.29, 0.717) is 5.39 Å². The van der Waals surface area contributed by atoms with Gasteiger partial charge in [0.1, 0.15) is 0 Å². The van der Waals surface area contributed by atoms with Gasteiger partial charge in [-0.3, -0.25) is 4.55 Å². The van der Waals surface area contributed by atoms with Crippen molar-refractivity contribution >= 4 is 43.9 Å². The molecule has 0 unspecified atom stereocenters. The fourth-order valence-corrected chi connectivity index (χ4v) is 2.24. The van der Waals surface area contributed by atoms with Crippen LogP contribution in [-0.4, -0.2) is 18.1 Å². The lowest BCUT2D eigenvalue weighted by Gasteiger charge is -2.06. The molecule has 0 saturated heterocycles. The molecule has 0 fully saturated rings. The summed E-state index contributed by atoms with van der Waals surface area (Å²) in [4.78, 5) is -0.134. The highest BCUT2D eigenvalue weighted by atomic mass is 32.2. The fraction of sp³-hybridized carbons (Fsp3) is 0. The van der Waals surface area contributed by atoms with Crippen LogP contribution in [0.4, 0.5) is 5.69 Å². The van der Waals surface area contributed by atoms with Crippen molar-refractivity contribution in [1.82, 2.24) is 0 Å². The maximum atomic E-state index is 11.0. The average molecular weight is 282 g/mol. The number of hydrogen-bond donors (Lipinski definition) is 3. The number of nitrogens with two attached hydrogens (primary N) is 1. The minimum Gasteiger partial charge on any atom is -0.376 e. The van der Waals surface area contributed by atoms with E-state index in [0.717, 1.165) is 11.1 Å². The van der Waals surface area contributed by atoms with Gasteiger partial charge in [0.15, 0.2) is 5.11 Å². The highest BCUT2D eigenvalue weighted by Gasteiger charge is 2.09. The van der Waals surface area contributed by atoms with Gasteiger partial charge in [0.25, 0.3) is 10.1 Å². The van der Waals surface area contributed by atoms with E-state index in [1.807, 2.05) is 0 Å². The summed E-state index contributed by atoms with van der Waals surface area (Å²) in [5.41, 5.74) is 6.07. The van der Waals surface area contributed by atoms with E-state index in [1.54, 1.807) is 24.3 Å². The van der Waals surface area contributed by atoms with Gasteiger partial charge in [-0.1, -0.05) is 12.1 Å². The maximum Gasteiger partial charge on any atom is 0.294 e. The summed E-state index contributed by atoms with van der Waals surface area (Å²) < 4.78 is 30.9. The van der Waals surface area contributed by atoms with E-state index in [2.05, 4.69) is 5.32 Å². The molecule has 0 atom stereocenters. The van der Waals surface area contributed by atoms with Crippen molar-refractivity contribution in [2.45, 2.75) is 4.90 Å². The largest absolute Gasteiger partial charge is 0.376 e. The number of fused-ring (bicyclic) bond motifs is 1. The van der Waals surface area contributed by atoms with E-state index in [4.69, 9.17) is 22.5 Å². The molecule has 2 aromatic carbocycles. The molecule has 5 nitrogen and oxygen atoms in total. The summed E-state index contributed by atoms with van der Waals surface area (Å²) in [6.45, 7) is 0. The van der Waals surface area contributed by atoms with Crippen LogP contribution in [0.1, 0.15) is 0 Å². The second-order valence-corrected chi connectivity index (χ2v) is 5.55. The van der Waals surface area contributed by atoms with E-state index in [9.17, 15) is 8.42 Å². The van der Waals surface area contributed by atoms with E-state index in [-0.39, 0.29) is 10.0 Å². The number of benzene rings is 2. The Balaban J connectivity index is 2.52. The third-order valence-corrected chi connectivity index (χ3v) is 3.33. The predicted molar refractivity (Wildman–Crippen MR) is 74.2 cm³/mol. The first-order valence-corrected chi connectivity index (χ1v) is 6.79. The molecular weight excluding hydrogens is 272 g/mol. The minimum atomic E-state index is -4.18. The Morgan fingerprint density at radius 1 is 1.17 bits per heavy atom. The summed E-state index contributed by atoms with van der Waals surface area (Å²) in [6.07, 6.45) is 0. The lowest BCUT2D eigenvalue weighted by molar-refractivity contribution is 0.483. The first-order chi connectivity index (χ1) is 8.36. The average Bonchev–Trinajstić information content (AvgIpc) is 2.26. The quantitative estimate of drug-likeness (QED) is 0.574. The number of thiocarbonyl (C=S) groups is 1. The lowest BCUT2D eigenvalue weighted by Crippen LogP contribution is -2.18. The van der Waals surface area contributed by atoms with E-state index >= 15 is 0 Å². The Labute approximate surface area is 109 Å². The fourth-order valence-electron chi connectivity index (χ4n) is 1.60.